The van der Waals surface area contributed by atoms with E-state index in [0.717, 1.165) is 10.2 Å². The Hall–Kier alpha value is -1.19. The Bertz CT molecular complexity index is 1090. The fourth-order valence-electron chi connectivity index (χ4n) is 4.14. The largest absolute Gasteiger partial charge is 0.366 e. The molecule has 10 heteroatoms. The molecule has 1 aliphatic heterocycles. The number of nitrogens with zero attached hydrogens (tertiary/aromatic N) is 2. The summed E-state index contributed by atoms with van der Waals surface area (Å²) in [6.07, 6.45) is 3.77. The third-order valence-corrected chi connectivity index (χ3v) is 9.26. The zero-order chi connectivity index (χ0) is 22.8. The van der Waals surface area contributed by atoms with Gasteiger partial charge in [0.05, 0.1) is 22.0 Å². The zero-order valence-electron chi connectivity index (χ0n) is 17.1. The summed E-state index contributed by atoms with van der Waals surface area (Å²) in [4.78, 5) is 16.4. The minimum absolute atomic E-state index is 0.131. The van der Waals surface area contributed by atoms with Crippen molar-refractivity contribution in [2.24, 2.45) is 5.73 Å². The number of benzene rings is 1. The number of hydrogen-bond acceptors (Lipinski definition) is 4. The average molecular weight is 549 g/mol. The molecule has 3 rings (SSSR count). The molecule has 31 heavy (non-hydrogen) atoms. The maximum absolute atomic E-state index is 12.6. The van der Waals surface area contributed by atoms with Gasteiger partial charge < -0.3 is 5.73 Å². The van der Waals surface area contributed by atoms with Crippen LogP contribution in [0.5, 0.6) is 0 Å². The van der Waals surface area contributed by atoms with Crippen molar-refractivity contribution >= 4 is 55.1 Å². The lowest BCUT2D eigenvalue weighted by atomic mass is 9.71. The van der Waals surface area contributed by atoms with E-state index in [9.17, 15) is 13.2 Å². The molecule has 0 saturated carbocycles. The molecule has 0 unspecified atom stereocenters. The second-order valence-electron chi connectivity index (χ2n) is 7.76. The molecule has 1 saturated heterocycles. The summed E-state index contributed by atoms with van der Waals surface area (Å²) in [5.74, 6) is -0.498. The maximum Gasteiger partial charge on any atom is 0.250 e. The topological polar surface area (TPSA) is 93.4 Å². The lowest BCUT2D eigenvalue weighted by Crippen LogP contribution is -2.47. The molecule has 2 N–H and O–H groups in total. The Labute approximate surface area is 201 Å². The number of hydrogen-bond donors (Lipinski definition) is 1. The SMILES string of the molecule is CCCS(=O)(=O)N1CCC(Cc2c(Cl)ccc(C(N)=O)c2Cl)(c2ncccc2Br)CC1. The first-order valence-corrected chi connectivity index (χ1v) is 13.1. The Kier molecular flexibility index (Phi) is 7.69. The van der Waals surface area contributed by atoms with E-state index >= 15 is 0 Å². The summed E-state index contributed by atoms with van der Waals surface area (Å²) in [6, 6.07) is 6.87. The van der Waals surface area contributed by atoms with Crippen molar-refractivity contribution in [2.45, 2.75) is 38.0 Å². The Morgan fingerprint density at radius 3 is 2.52 bits per heavy atom. The maximum atomic E-state index is 12.6. The normalized spacial score (nSPS) is 16.9. The fourth-order valence-corrected chi connectivity index (χ4v) is 6.93. The molecule has 168 valence electrons. The third-order valence-electron chi connectivity index (χ3n) is 5.76. The molecule has 6 nitrogen and oxygen atoms in total. The first-order valence-electron chi connectivity index (χ1n) is 9.97. The van der Waals surface area contributed by atoms with Crippen molar-refractivity contribution in [3.05, 3.63) is 61.8 Å². The van der Waals surface area contributed by atoms with Crippen LogP contribution >= 0.6 is 39.1 Å². The molecule has 1 aromatic heterocycles. The van der Waals surface area contributed by atoms with Gasteiger partial charge in [0.1, 0.15) is 0 Å². The molecule has 0 radical (unpaired) electrons. The van der Waals surface area contributed by atoms with Crippen LogP contribution in [0.4, 0.5) is 0 Å². The molecular formula is C21H24BrCl2N3O3S. The zero-order valence-corrected chi connectivity index (χ0v) is 21.0. The molecule has 1 aromatic carbocycles. The second kappa shape index (κ2) is 9.75. The first-order chi connectivity index (χ1) is 14.6. The first kappa shape index (κ1) is 24.5. The molecule has 2 heterocycles. The summed E-state index contributed by atoms with van der Waals surface area (Å²) in [5.41, 5.74) is 6.60. The smallest absolute Gasteiger partial charge is 0.250 e. The molecular weight excluding hydrogens is 525 g/mol. The molecule has 2 aromatic rings. The van der Waals surface area contributed by atoms with Crippen LogP contribution in [0.2, 0.25) is 10.0 Å². The van der Waals surface area contributed by atoms with Crippen molar-refractivity contribution in [2.75, 3.05) is 18.8 Å². The lowest BCUT2D eigenvalue weighted by Gasteiger charge is -2.42. The molecule has 0 spiro atoms. The number of halogens is 3. The number of pyridine rings is 1. The number of piperidine rings is 1. The van der Waals surface area contributed by atoms with Gasteiger partial charge in [-0.15, -0.1) is 0 Å². The van der Waals surface area contributed by atoms with Crippen molar-refractivity contribution in [3.63, 3.8) is 0 Å². The quantitative estimate of drug-likeness (QED) is 0.548. The highest BCUT2D eigenvalue weighted by atomic mass is 79.9. The molecule has 1 aliphatic rings. The van der Waals surface area contributed by atoms with E-state index in [1.54, 1.807) is 16.6 Å². The predicted molar refractivity (Wildman–Crippen MR) is 127 cm³/mol. The highest BCUT2D eigenvalue weighted by Gasteiger charge is 2.42. The number of nitrogens with two attached hydrogens (primary N) is 1. The van der Waals surface area contributed by atoms with Gasteiger partial charge in [0.15, 0.2) is 0 Å². The van der Waals surface area contributed by atoms with E-state index in [2.05, 4.69) is 20.9 Å². The molecule has 0 atom stereocenters. The number of carbonyl (C=O) groups is 1. The molecule has 0 bridgehead atoms. The van der Waals surface area contributed by atoms with Crippen LogP contribution in [0, 0.1) is 0 Å². The van der Waals surface area contributed by atoms with E-state index in [1.807, 2.05) is 19.1 Å². The van der Waals surface area contributed by atoms with Crippen LogP contribution < -0.4 is 5.73 Å². The van der Waals surface area contributed by atoms with Crippen LogP contribution in [-0.2, 0) is 21.9 Å². The van der Waals surface area contributed by atoms with Gasteiger partial charge in [-0.05, 0) is 71.4 Å². The third kappa shape index (κ3) is 5.09. The van der Waals surface area contributed by atoms with Crippen LogP contribution in [0.15, 0.2) is 34.9 Å². The van der Waals surface area contributed by atoms with E-state index in [4.69, 9.17) is 28.9 Å². The van der Waals surface area contributed by atoms with Crippen molar-refractivity contribution in [1.29, 1.82) is 0 Å². The van der Waals surface area contributed by atoms with Crippen LogP contribution in [-0.4, -0.2) is 42.5 Å². The summed E-state index contributed by atoms with van der Waals surface area (Å²) >= 11 is 16.6. The highest BCUT2D eigenvalue weighted by molar-refractivity contribution is 9.10. The number of rotatable bonds is 7. The van der Waals surface area contributed by atoms with E-state index in [0.29, 0.717) is 49.4 Å². The predicted octanol–water partition coefficient (Wildman–Crippen LogP) is 4.57. The number of carbonyl (C=O) groups excluding carboxylic acids is 1. The van der Waals surface area contributed by atoms with E-state index in [1.165, 1.54) is 6.07 Å². The second-order valence-corrected chi connectivity index (χ2v) is 11.5. The van der Waals surface area contributed by atoms with Crippen molar-refractivity contribution in [3.8, 4) is 0 Å². The minimum Gasteiger partial charge on any atom is -0.366 e. The number of amides is 1. The van der Waals surface area contributed by atoms with Gasteiger partial charge in [-0.3, -0.25) is 9.78 Å². The fraction of sp³-hybridized carbons (Fsp3) is 0.429. The van der Waals surface area contributed by atoms with Gasteiger partial charge in [0.25, 0.3) is 0 Å². The van der Waals surface area contributed by atoms with Gasteiger partial charge in [0.2, 0.25) is 15.9 Å². The summed E-state index contributed by atoms with van der Waals surface area (Å²) in [5, 5.41) is 0.662. The minimum atomic E-state index is -3.30. The van der Waals surface area contributed by atoms with Crippen LogP contribution in [0.3, 0.4) is 0 Å². The van der Waals surface area contributed by atoms with Gasteiger partial charge in [-0.25, -0.2) is 12.7 Å². The Morgan fingerprint density at radius 2 is 1.94 bits per heavy atom. The lowest BCUT2D eigenvalue weighted by molar-refractivity contribution is 0.1000. The Balaban J connectivity index is 2.04. The summed E-state index contributed by atoms with van der Waals surface area (Å²) in [7, 11) is -3.30. The Morgan fingerprint density at radius 1 is 1.26 bits per heavy atom. The van der Waals surface area contributed by atoms with Crippen LogP contribution in [0.1, 0.15) is 47.8 Å². The van der Waals surface area contributed by atoms with Gasteiger partial charge in [0, 0.05) is 34.2 Å². The van der Waals surface area contributed by atoms with Crippen molar-refractivity contribution < 1.29 is 13.2 Å². The monoisotopic (exact) mass is 547 g/mol. The van der Waals surface area contributed by atoms with Gasteiger partial charge in [-0.1, -0.05) is 30.1 Å². The van der Waals surface area contributed by atoms with E-state index < -0.39 is 21.3 Å². The summed E-state index contributed by atoms with van der Waals surface area (Å²) in [6.45, 7) is 2.60. The van der Waals surface area contributed by atoms with Crippen LogP contribution in [0.25, 0.3) is 0 Å². The highest BCUT2D eigenvalue weighted by Crippen LogP contribution is 2.44. The van der Waals surface area contributed by atoms with E-state index in [-0.39, 0.29) is 16.3 Å². The van der Waals surface area contributed by atoms with Crippen molar-refractivity contribution in [1.82, 2.24) is 9.29 Å². The molecule has 1 fully saturated rings. The summed E-state index contributed by atoms with van der Waals surface area (Å²) < 4.78 is 27.6. The molecule has 0 aliphatic carbocycles. The molecule has 1 amide bonds. The average Bonchev–Trinajstić information content (AvgIpc) is 2.71. The number of sulfonamides is 1. The number of aromatic nitrogens is 1. The standard InChI is InChI=1S/C21H24BrCl2N3O3S/c1-2-12-31(29,30)27-10-7-21(8-11-27,19-16(22)4-3-9-26-19)13-15-17(23)6-5-14(18(15)24)20(25)28/h3-6,9H,2,7-8,10-13H2,1H3,(H2,25,28). The van der Waals surface area contributed by atoms with Gasteiger partial charge >= 0.3 is 0 Å². The number of primary amides is 1. The van der Waals surface area contributed by atoms with Gasteiger partial charge in [-0.2, -0.15) is 0 Å².